The Hall–Kier alpha value is -0.980. The first-order valence-corrected chi connectivity index (χ1v) is 5.56. The Morgan fingerprint density at radius 2 is 2.27 bits per heavy atom. The van der Waals surface area contributed by atoms with E-state index >= 15 is 0 Å². The number of hydrogen-bond donors (Lipinski definition) is 2. The molecule has 15 heavy (non-hydrogen) atoms. The van der Waals surface area contributed by atoms with Gasteiger partial charge in [-0.05, 0) is 38.7 Å². The van der Waals surface area contributed by atoms with Crippen LogP contribution in [-0.4, -0.2) is 10.8 Å². The van der Waals surface area contributed by atoms with Gasteiger partial charge in [-0.25, -0.2) is 4.98 Å². The minimum Gasteiger partial charge on any atom is -0.222 e. The third kappa shape index (κ3) is 2.17. The molecule has 1 aliphatic rings. The van der Waals surface area contributed by atoms with Crippen LogP contribution in [0.25, 0.3) is 0 Å². The van der Waals surface area contributed by atoms with Crippen molar-refractivity contribution in [3.63, 3.8) is 0 Å². The Morgan fingerprint density at radius 1 is 1.47 bits per heavy atom. The number of rotatable bonds is 2. The quantitative estimate of drug-likeness (QED) is 0.612. The Labute approximate surface area is 96.6 Å². The molecular weight excluding hydrogens is 258 g/mol. The Morgan fingerprint density at radius 3 is 2.93 bits per heavy atom. The number of quaternary nitrogens is 1. The number of nitrogens with one attached hydrogen (secondary N) is 1. The van der Waals surface area contributed by atoms with E-state index in [2.05, 4.69) is 45.4 Å². The fraction of sp³-hybridized carbons (Fsp3) is 0.333. The van der Waals surface area contributed by atoms with E-state index in [1.165, 1.54) is 0 Å². The highest BCUT2D eigenvalue weighted by Crippen LogP contribution is 2.16. The van der Waals surface area contributed by atoms with Crippen LogP contribution < -0.4 is 16.1 Å². The molecule has 80 valence electrons. The molecule has 0 saturated heterocycles. The molecule has 1 aliphatic heterocycles. The van der Waals surface area contributed by atoms with Crippen molar-refractivity contribution < 1.29 is 5.53 Å². The summed E-state index contributed by atoms with van der Waals surface area (Å²) in [5.74, 6) is 2.17. The number of hydrogen-bond acceptors (Lipinski definition) is 4. The molecule has 6 heteroatoms. The minimum atomic E-state index is 0.358. The second kappa shape index (κ2) is 4.26. The van der Waals surface area contributed by atoms with E-state index in [1.54, 1.807) is 5.53 Å². The number of nitrogens with two attached hydrogens (primary N) is 1. The lowest BCUT2D eigenvalue weighted by molar-refractivity contribution is -0.709. The minimum absolute atomic E-state index is 0.358. The summed E-state index contributed by atoms with van der Waals surface area (Å²) in [7, 11) is 0. The van der Waals surface area contributed by atoms with Crippen LogP contribution in [0.2, 0.25) is 0 Å². The van der Waals surface area contributed by atoms with Crippen molar-refractivity contribution in [2.75, 3.05) is 5.01 Å². The molecule has 0 aromatic carbocycles. The van der Waals surface area contributed by atoms with E-state index in [1.807, 2.05) is 23.2 Å². The molecule has 5 nitrogen and oxygen atoms in total. The SMILES string of the molecule is CC(C)C1=N[NH2+]NN1c1cccc(Br)n1. The maximum atomic E-state index is 4.37. The maximum Gasteiger partial charge on any atom is 0.190 e. The van der Waals surface area contributed by atoms with E-state index in [0.717, 1.165) is 16.3 Å². The Kier molecular flexibility index (Phi) is 2.99. The van der Waals surface area contributed by atoms with Crippen LogP contribution in [0.1, 0.15) is 13.8 Å². The van der Waals surface area contributed by atoms with Gasteiger partial charge in [-0.15, -0.1) is 5.53 Å². The van der Waals surface area contributed by atoms with Gasteiger partial charge in [0.1, 0.15) is 4.60 Å². The fourth-order valence-corrected chi connectivity index (χ4v) is 1.72. The van der Waals surface area contributed by atoms with Crippen LogP contribution in [0.4, 0.5) is 5.82 Å². The molecule has 0 saturated carbocycles. The molecular formula is C9H13BrN5+. The fourth-order valence-electron chi connectivity index (χ4n) is 1.39. The van der Waals surface area contributed by atoms with Crippen molar-refractivity contribution in [1.29, 1.82) is 0 Å². The van der Waals surface area contributed by atoms with Crippen LogP contribution >= 0.6 is 15.9 Å². The predicted octanol–water partition coefficient (Wildman–Crippen LogP) is 0.617. The molecule has 3 N–H and O–H groups in total. The van der Waals surface area contributed by atoms with E-state index in [0.29, 0.717) is 5.92 Å². The lowest BCUT2D eigenvalue weighted by atomic mass is 10.2. The third-order valence-electron chi connectivity index (χ3n) is 2.06. The zero-order chi connectivity index (χ0) is 10.8. The molecule has 1 aromatic heterocycles. The van der Waals surface area contributed by atoms with Gasteiger partial charge in [-0.3, -0.25) is 0 Å². The molecule has 1 aromatic rings. The monoisotopic (exact) mass is 270 g/mol. The summed E-state index contributed by atoms with van der Waals surface area (Å²) in [6.07, 6.45) is 0. The van der Waals surface area contributed by atoms with Crippen molar-refractivity contribution in [1.82, 2.24) is 10.5 Å². The Bertz CT molecular complexity index is 390. The van der Waals surface area contributed by atoms with E-state index in [4.69, 9.17) is 0 Å². The molecule has 0 bridgehead atoms. The molecule has 0 amide bonds. The highest BCUT2D eigenvalue weighted by Gasteiger charge is 2.25. The van der Waals surface area contributed by atoms with Gasteiger partial charge >= 0.3 is 0 Å². The number of nitrogens with zero attached hydrogens (tertiary/aromatic N) is 3. The van der Waals surface area contributed by atoms with Gasteiger partial charge in [0.15, 0.2) is 11.7 Å². The smallest absolute Gasteiger partial charge is 0.190 e. The largest absolute Gasteiger partial charge is 0.222 e. The van der Waals surface area contributed by atoms with Crippen molar-refractivity contribution >= 4 is 27.6 Å². The first-order valence-electron chi connectivity index (χ1n) is 4.76. The summed E-state index contributed by atoms with van der Waals surface area (Å²) < 4.78 is 0.816. The standard InChI is InChI=1S/C9H12BrN5/c1-6(2)9-12-13-14-15(9)8-5-3-4-7(10)11-8/h3-6,13-14H,1-2H3/p+1. The van der Waals surface area contributed by atoms with Crippen LogP contribution in [0.5, 0.6) is 0 Å². The highest BCUT2D eigenvalue weighted by molar-refractivity contribution is 9.10. The summed E-state index contributed by atoms with van der Waals surface area (Å²) >= 11 is 3.35. The number of anilines is 1. The highest BCUT2D eigenvalue weighted by atomic mass is 79.9. The normalized spacial score (nSPS) is 16.0. The number of hydrazine groups is 1. The van der Waals surface area contributed by atoms with Crippen LogP contribution in [0.3, 0.4) is 0 Å². The topological polar surface area (TPSA) is 57.1 Å². The molecule has 2 heterocycles. The summed E-state index contributed by atoms with van der Waals surface area (Å²) in [6.45, 7) is 4.20. The molecule has 0 fully saturated rings. The van der Waals surface area contributed by atoms with Gasteiger partial charge in [0.25, 0.3) is 0 Å². The van der Waals surface area contributed by atoms with Crippen LogP contribution in [0.15, 0.2) is 27.9 Å². The summed E-state index contributed by atoms with van der Waals surface area (Å²) in [6, 6.07) is 5.79. The lowest BCUT2D eigenvalue weighted by Crippen LogP contribution is -2.87. The van der Waals surface area contributed by atoms with Gasteiger partial charge in [-0.2, -0.15) is 5.01 Å². The van der Waals surface area contributed by atoms with Crippen molar-refractivity contribution in [3.8, 4) is 0 Å². The van der Waals surface area contributed by atoms with Gasteiger partial charge in [-0.1, -0.05) is 19.9 Å². The van der Waals surface area contributed by atoms with Gasteiger partial charge in [0, 0.05) is 5.92 Å². The molecule has 0 radical (unpaired) electrons. The molecule has 0 aliphatic carbocycles. The zero-order valence-corrected chi connectivity index (χ0v) is 10.2. The van der Waals surface area contributed by atoms with Crippen molar-refractivity contribution in [3.05, 3.63) is 22.8 Å². The van der Waals surface area contributed by atoms with Crippen molar-refractivity contribution in [2.45, 2.75) is 13.8 Å². The summed E-state index contributed by atoms with van der Waals surface area (Å²) in [5.41, 5.74) is 4.73. The number of aromatic nitrogens is 1. The average molecular weight is 271 g/mol. The van der Waals surface area contributed by atoms with E-state index in [9.17, 15) is 0 Å². The van der Waals surface area contributed by atoms with Crippen molar-refractivity contribution in [2.24, 2.45) is 11.0 Å². The van der Waals surface area contributed by atoms with Gasteiger partial charge < -0.3 is 0 Å². The number of amidine groups is 1. The van der Waals surface area contributed by atoms with Crippen LogP contribution in [-0.2, 0) is 0 Å². The third-order valence-corrected chi connectivity index (χ3v) is 2.50. The second-order valence-corrected chi connectivity index (χ2v) is 4.37. The van der Waals surface area contributed by atoms with E-state index in [-0.39, 0.29) is 0 Å². The van der Waals surface area contributed by atoms with E-state index < -0.39 is 0 Å². The maximum absolute atomic E-state index is 4.37. The second-order valence-electron chi connectivity index (χ2n) is 3.55. The van der Waals surface area contributed by atoms with Gasteiger partial charge in [0.05, 0.1) is 0 Å². The molecule has 0 unspecified atom stereocenters. The number of pyridine rings is 1. The summed E-state index contributed by atoms with van der Waals surface area (Å²) in [5, 5.41) is 6.16. The zero-order valence-electron chi connectivity index (χ0n) is 8.61. The first kappa shape index (κ1) is 10.5. The average Bonchev–Trinajstić information content (AvgIpc) is 2.65. The Balaban J connectivity index is 2.28. The molecule has 0 spiro atoms. The summed E-state index contributed by atoms with van der Waals surface area (Å²) in [4.78, 5) is 4.37. The van der Waals surface area contributed by atoms with Crippen LogP contribution in [0, 0.1) is 5.92 Å². The molecule has 2 rings (SSSR count). The van der Waals surface area contributed by atoms with Gasteiger partial charge in [0.2, 0.25) is 0 Å². The lowest BCUT2D eigenvalue weighted by Gasteiger charge is -2.16. The first-order chi connectivity index (χ1) is 7.18. The predicted molar refractivity (Wildman–Crippen MR) is 61.8 cm³/mol. The number of halogens is 1. The molecule has 0 atom stereocenters.